The van der Waals surface area contributed by atoms with Gasteiger partial charge in [-0.25, -0.2) is 4.98 Å². The second-order valence-electron chi connectivity index (χ2n) is 3.50. The first-order chi connectivity index (χ1) is 7.74. The SMILES string of the molecule is CNCc1nc(-c2cccnc2)n(C)c1Br. The molecule has 0 fully saturated rings. The molecule has 5 heteroatoms. The summed E-state index contributed by atoms with van der Waals surface area (Å²) in [6.07, 6.45) is 3.58. The maximum Gasteiger partial charge on any atom is 0.142 e. The molecule has 1 N–H and O–H groups in total. The Kier molecular flexibility index (Phi) is 3.36. The predicted molar refractivity (Wildman–Crippen MR) is 66.9 cm³/mol. The summed E-state index contributed by atoms with van der Waals surface area (Å²) in [4.78, 5) is 8.69. The molecule has 2 heterocycles. The van der Waals surface area contributed by atoms with Crippen LogP contribution in [0.25, 0.3) is 11.4 Å². The van der Waals surface area contributed by atoms with Gasteiger partial charge in [-0.2, -0.15) is 0 Å². The highest BCUT2D eigenvalue weighted by Crippen LogP contribution is 2.24. The number of nitrogens with one attached hydrogen (secondary N) is 1. The Hall–Kier alpha value is -1.20. The number of halogens is 1. The number of hydrogen-bond acceptors (Lipinski definition) is 3. The average molecular weight is 281 g/mol. The van der Waals surface area contributed by atoms with Crippen molar-refractivity contribution < 1.29 is 0 Å². The van der Waals surface area contributed by atoms with E-state index in [1.165, 1.54) is 0 Å². The molecular formula is C11H13BrN4. The molecule has 0 bridgehead atoms. The van der Waals surface area contributed by atoms with Crippen molar-refractivity contribution in [2.75, 3.05) is 7.05 Å². The number of hydrogen-bond donors (Lipinski definition) is 1. The van der Waals surface area contributed by atoms with Crippen LogP contribution in [0, 0.1) is 0 Å². The van der Waals surface area contributed by atoms with E-state index in [-0.39, 0.29) is 0 Å². The number of imidazole rings is 1. The third-order valence-corrected chi connectivity index (χ3v) is 3.34. The highest BCUT2D eigenvalue weighted by molar-refractivity contribution is 9.10. The van der Waals surface area contributed by atoms with Crippen LogP contribution in [0.1, 0.15) is 5.69 Å². The number of pyridine rings is 1. The van der Waals surface area contributed by atoms with Gasteiger partial charge in [0.05, 0.1) is 5.69 Å². The molecule has 0 amide bonds. The fourth-order valence-electron chi connectivity index (χ4n) is 1.57. The van der Waals surface area contributed by atoms with Gasteiger partial charge in [0.25, 0.3) is 0 Å². The Morgan fingerprint density at radius 2 is 2.31 bits per heavy atom. The predicted octanol–water partition coefficient (Wildman–Crippen LogP) is 1.96. The normalized spacial score (nSPS) is 10.7. The van der Waals surface area contributed by atoms with E-state index in [2.05, 4.69) is 31.2 Å². The summed E-state index contributed by atoms with van der Waals surface area (Å²) in [5, 5.41) is 3.10. The molecule has 16 heavy (non-hydrogen) atoms. The molecule has 4 nitrogen and oxygen atoms in total. The molecule has 0 unspecified atom stereocenters. The first kappa shape index (κ1) is 11.3. The number of nitrogens with zero attached hydrogens (tertiary/aromatic N) is 3. The molecule has 2 aromatic rings. The molecule has 0 aliphatic heterocycles. The van der Waals surface area contributed by atoms with Crippen molar-refractivity contribution in [2.45, 2.75) is 6.54 Å². The van der Waals surface area contributed by atoms with E-state index < -0.39 is 0 Å². The van der Waals surface area contributed by atoms with Crippen LogP contribution in [0.5, 0.6) is 0 Å². The zero-order valence-electron chi connectivity index (χ0n) is 9.24. The molecule has 0 atom stereocenters. The lowest BCUT2D eigenvalue weighted by molar-refractivity contribution is 0.788. The van der Waals surface area contributed by atoms with Crippen LogP contribution in [0.15, 0.2) is 29.1 Å². The van der Waals surface area contributed by atoms with Gasteiger partial charge in [-0.1, -0.05) is 0 Å². The van der Waals surface area contributed by atoms with Crippen LogP contribution in [-0.2, 0) is 13.6 Å². The van der Waals surface area contributed by atoms with Crippen LogP contribution in [0.3, 0.4) is 0 Å². The molecule has 0 aromatic carbocycles. The molecule has 0 radical (unpaired) electrons. The van der Waals surface area contributed by atoms with Crippen molar-refractivity contribution in [1.29, 1.82) is 0 Å². The van der Waals surface area contributed by atoms with Crippen molar-refractivity contribution in [3.05, 3.63) is 34.8 Å². The van der Waals surface area contributed by atoms with E-state index >= 15 is 0 Å². The van der Waals surface area contributed by atoms with Gasteiger partial charge in [0.2, 0.25) is 0 Å². The smallest absolute Gasteiger partial charge is 0.142 e. The van der Waals surface area contributed by atoms with E-state index in [9.17, 15) is 0 Å². The molecule has 2 rings (SSSR count). The van der Waals surface area contributed by atoms with Crippen LogP contribution >= 0.6 is 15.9 Å². The summed E-state index contributed by atoms with van der Waals surface area (Å²) in [5.74, 6) is 0.922. The van der Waals surface area contributed by atoms with Crippen molar-refractivity contribution in [2.24, 2.45) is 7.05 Å². The van der Waals surface area contributed by atoms with Gasteiger partial charge >= 0.3 is 0 Å². The molecule has 84 valence electrons. The minimum atomic E-state index is 0.745. The summed E-state index contributed by atoms with van der Waals surface area (Å²) < 4.78 is 3.02. The second-order valence-corrected chi connectivity index (χ2v) is 4.26. The lowest BCUT2D eigenvalue weighted by atomic mass is 10.3. The van der Waals surface area contributed by atoms with Gasteiger partial charge in [-0.3, -0.25) is 4.98 Å². The van der Waals surface area contributed by atoms with Crippen LogP contribution in [0.4, 0.5) is 0 Å². The molecule has 0 saturated carbocycles. The van der Waals surface area contributed by atoms with Crippen molar-refractivity contribution in [1.82, 2.24) is 19.9 Å². The fourth-order valence-corrected chi connectivity index (χ4v) is 1.97. The van der Waals surface area contributed by atoms with E-state index in [1.54, 1.807) is 6.20 Å². The largest absolute Gasteiger partial charge is 0.322 e. The summed E-state index contributed by atoms with van der Waals surface area (Å²) in [6.45, 7) is 0.745. The molecule has 0 saturated heterocycles. The molecule has 0 aliphatic carbocycles. The zero-order valence-corrected chi connectivity index (χ0v) is 10.8. The first-order valence-electron chi connectivity index (χ1n) is 5.00. The Bertz CT molecular complexity index is 478. The Labute approximate surface area is 103 Å². The van der Waals surface area contributed by atoms with Gasteiger partial charge in [-0.15, -0.1) is 0 Å². The third-order valence-electron chi connectivity index (χ3n) is 2.36. The van der Waals surface area contributed by atoms with E-state index in [0.717, 1.165) is 28.2 Å². The van der Waals surface area contributed by atoms with E-state index in [0.29, 0.717) is 0 Å². The van der Waals surface area contributed by atoms with Gasteiger partial charge in [0.15, 0.2) is 0 Å². The Balaban J connectivity index is 2.46. The highest BCUT2D eigenvalue weighted by atomic mass is 79.9. The second kappa shape index (κ2) is 4.76. The molecular weight excluding hydrogens is 268 g/mol. The van der Waals surface area contributed by atoms with Crippen LogP contribution in [-0.4, -0.2) is 21.6 Å². The van der Waals surface area contributed by atoms with Gasteiger partial charge < -0.3 is 9.88 Å². The zero-order chi connectivity index (χ0) is 11.5. The monoisotopic (exact) mass is 280 g/mol. The molecule has 0 spiro atoms. The van der Waals surface area contributed by atoms with E-state index in [4.69, 9.17) is 0 Å². The van der Waals surface area contributed by atoms with Crippen molar-refractivity contribution in [3.63, 3.8) is 0 Å². The minimum absolute atomic E-state index is 0.745. The van der Waals surface area contributed by atoms with Crippen LogP contribution < -0.4 is 5.32 Å². The minimum Gasteiger partial charge on any atom is -0.322 e. The Morgan fingerprint density at radius 3 is 2.94 bits per heavy atom. The topological polar surface area (TPSA) is 42.7 Å². The van der Waals surface area contributed by atoms with Gasteiger partial charge in [0.1, 0.15) is 10.4 Å². The fraction of sp³-hybridized carbons (Fsp3) is 0.273. The maximum absolute atomic E-state index is 4.58. The quantitative estimate of drug-likeness (QED) is 0.935. The van der Waals surface area contributed by atoms with Gasteiger partial charge in [-0.05, 0) is 35.1 Å². The maximum atomic E-state index is 4.58. The van der Waals surface area contributed by atoms with Crippen LogP contribution in [0.2, 0.25) is 0 Å². The first-order valence-corrected chi connectivity index (χ1v) is 5.79. The summed E-state index contributed by atoms with van der Waals surface area (Å²) >= 11 is 3.54. The summed E-state index contributed by atoms with van der Waals surface area (Å²) in [5.41, 5.74) is 2.02. The average Bonchev–Trinajstić information content (AvgIpc) is 2.59. The lowest BCUT2D eigenvalue weighted by Gasteiger charge is -2.00. The van der Waals surface area contributed by atoms with E-state index in [1.807, 2.05) is 37.0 Å². The lowest BCUT2D eigenvalue weighted by Crippen LogP contribution is -2.05. The summed E-state index contributed by atoms with van der Waals surface area (Å²) in [7, 11) is 3.89. The molecule has 0 aliphatic rings. The van der Waals surface area contributed by atoms with Crippen molar-refractivity contribution >= 4 is 15.9 Å². The number of aromatic nitrogens is 3. The Morgan fingerprint density at radius 1 is 1.50 bits per heavy atom. The standard InChI is InChI=1S/C11H13BrN4/c1-13-7-9-10(12)16(2)11(15-9)8-4-3-5-14-6-8/h3-6,13H,7H2,1-2H3. The number of rotatable bonds is 3. The molecule has 2 aromatic heterocycles. The summed E-state index contributed by atoms with van der Waals surface area (Å²) in [6, 6.07) is 3.92. The van der Waals surface area contributed by atoms with Crippen molar-refractivity contribution in [3.8, 4) is 11.4 Å². The third kappa shape index (κ3) is 2.01. The van der Waals surface area contributed by atoms with Gasteiger partial charge in [0, 0.05) is 31.5 Å². The highest BCUT2D eigenvalue weighted by Gasteiger charge is 2.12.